The molecule has 1 aromatic rings. The topological polar surface area (TPSA) is 92.0 Å². The first-order chi connectivity index (χ1) is 14.7. The summed E-state index contributed by atoms with van der Waals surface area (Å²) in [4.78, 5) is 33.1. The van der Waals surface area contributed by atoms with Crippen LogP contribution in [0.1, 0.15) is 39.2 Å². The number of hydrogen-bond donors (Lipinski definition) is 0. The maximum atomic E-state index is 12.2. The largest absolute Gasteiger partial charge is 0.444 e. The summed E-state index contributed by atoms with van der Waals surface area (Å²) in [5.74, 6) is 0.599. The van der Waals surface area contributed by atoms with Crippen LogP contribution in [0.3, 0.4) is 0 Å². The molecular weight excluding hydrogens is 398 g/mol. The van der Waals surface area contributed by atoms with E-state index in [1.807, 2.05) is 25.7 Å². The van der Waals surface area contributed by atoms with Gasteiger partial charge in [-0.3, -0.25) is 4.90 Å². The molecule has 9 nitrogen and oxygen atoms in total. The van der Waals surface area contributed by atoms with Crippen molar-refractivity contribution in [2.24, 2.45) is 5.92 Å². The molecule has 0 bridgehead atoms. The Morgan fingerprint density at radius 2 is 1.81 bits per heavy atom. The van der Waals surface area contributed by atoms with Gasteiger partial charge in [-0.25, -0.2) is 4.79 Å². The Hall–Kier alpha value is -2.26. The number of rotatable bonds is 6. The zero-order chi connectivity index (χ0) is 22.4. The average molecular weight is 434 g/mol. The van der Waals surface area contributed by atoms with Gasteiger partial charge in [-0.2, -0.15) is 0 Å². The molecule has 3 rings (SSSR count). The number of nitrogens with zero attached hydrogens (tertiary/aromatic N) is 5. The second-order valence-corrected chi connectivity index (χ2v) is 9.58. The van der Waals surface area contributed by atoms with Crippen molar-refractivity contribution in [1.82, 2.24) is 19.7 Å². The Morgan fingerprint density at radius 1 is 1.13 bits per heavy atom. The van der Waals surface area contributed by atoms with Gasteiger partial charge in [-0.15, -0.1) is 0 Å². The van der Waals surface area contributed by atoms with Crippen molar-refractivity contribution in [3.8, 4) is 0 Å². The molecule has 2 saturated heterocycles. The number of carbonyl (C=O) groups is 1. The zero-order valence-electron chi connectivity index (χ0n) is 19.0. The third-order valence-corrected chi connectivity index (χ3v) is 5.96. The van der Waals surface area contributed by atoms with E-state index in [2.05, 4.69) is 14.8 Å². The van der Waals surface area contributed by atoms with Crippen molar-refractivity contribution in [2.75, 3.05) is 52.4 Å². The Labute approximate surface area is 184 Å². The van der Waals surface area contributed by atoms with Crippen LogP contribution in [0.15, 0.2) is 18.3 Å². The van der Waals surface area contributed by atoms with Gasteiger partial charge in [-0.05, 0) is 80.6 Å². The minimum Gasteiger partial charge on any atom is -0.444 e. The summed E-state index contributed by atoms with van der Waals surface area (Å²) in [6.07, 6.45) is 4.64. The average Bonchev–Trinajstić information content (AvgIpc) is 2.73. The standard InChI is InChI=1S/C22H35N5O4/c1-22(2,3)31-21(28)26-14-12-25(13-15-26)17-19-7-10-24(11-8-19)9-6-18-4-5-20(23-16-18)27(29)30/h4-5,16,19H,6-15,17H2,1-3H3. The van der Waals surface area contributed by atoms with E-state index in [0.717, 1.165) is 64.3 Å². The number of aromatic nitrogens is 1. The summed E-state index contributed by atoms with van der Waals surface area (Å²) < 4.78 is 5.47. The molecule has 0 unspecified atom stereocenters. The predicted molar refractivity (Wildman–Crippen MR) is 118 cm³/mol. The van der Waals surface area contributed by atoms with Crippen LogP contribution in [0, 0.1) is 16.0 Å². The molecule has 0 saturated carbocycles. The number of amides is 1. The van der Waals surface area contributed by atoms with Gasteiger partial charge < -0.3 is 24.7 Å². The number of likely N-dealkylation sites (tertiary alicyclic amines) is 1. The monoisotopic (exact) mass is 433 g/mol. The van der Waals surface area contributed by atoms with E-state index in [1.165, 1.54) is 18.9 Å². The van der Waals surface area contributed by atoms with Gasteiger partial charge in [0.05, 0.1) is 0 Å². The maximum absolute atomic E-state index is 12.2. The summed E-state index contributed by atoms with van der Waals surface area (Å²) in [7, 11) is 0. The molecule has 31 heavy (non-hydrogen) atoms. The zero-order valence-corrected chi connectivity index (χ0v) is 19.0. The van der Waals surface area contributed by atoms with Crippen LogP contribution in [-0.2, 0) is 11.2 Å². The van der Waals surface area contributed by atoms with Crippen molar-refractivity contribution in [3.05, 3.63) is 34.0 Å². The number of hydrogen-bond acceptors (Lipinski definition) is 7. The molecule has 1 aromatic heterocycles. The highest BCUT2D eigenvalue weighted by atomic mass is 16.6. The quantitative estimate of drug-likeness (QED) is 0.503. The van der Waals surface area contributed by atoms with Crippen LogP contribution in [0.5, 0.6) is 0 Å². The molecule has 0 aromatic carbocycles. The van der Waals surface area contributed by atoms with Gasteiger partial charge in [0.25, 0.3) is 0 Å². The Balaban J connectivity index is 1.32. The molecule has 2 aliphatic heterocycles. The highest BCUT2D eigenvalue weighted by Crippen LogP contribution is 2.20. The molecule has 2 aliphatic rings. The summed E-state index contributed by atoms with van der Waals surface area (Å²) in [6.45, 7) is 13.2. The first-order valence-corrected chi connectivity index (χ1v) is 11.2. The fourth-order valence-electron chi connectivity index (χ4n) is 4.16. The van der Waals surface area contributed by atoms with Crippen molar-refractivity contribution < 1.29 is 14.5 Å². The third kappa shape index (κ3) is 7.43. The molecule has 2 fully saturated rings. The van der Waals surface area contributed by atoms with Gasteiger partial charge in [0.15, 0.2) is 0 Å². The van der Waals surface area contributed by atoms with E-state index in [1.54, 1.807) is 12.3 Å². The van der Waals surface area contributed by atoms with Gasteiger partial charge in [0.2, 0.25) is 0 Å². The fraction of sp³-hybridized carbons (Fsp3) is 0.727. The number of ether oxygens (including phenoxy) is 1. The lowest BCUT2D eigenvalue weighted by Crippen LogP contribution is -2.51. The molecule has 0 aliphatic carbocycles. The maximum Gasteiger partial charge on any atom is 0.410 e. The van der Waals surface area contributed by atoms with Gasteiger partial charge >= 0.3 is 11.9 Å². The van der Waals surface area contributed by atoms with Crippen LogP contribution < -0.4 is 0 Å². The molecule has 0 radical (unpaired) electrons. The van der Waals surface area contributed by atoms with Crippen molar-refractivity contribution >= 4 is 11.9 Å². The van der Waals surface area contributed by atoms with E-state index in [-0.39, 0.29) is 11.9 Å². The number of piperidine rings is 1. The molecule has 172 valence electrons. The van der Waals surface area contributed by atoms with Gasteiger partial charge in [0, 0.05) is 45.3 Å². The summed E-state index contributed by atoms with van der Waals surface area (Å²) in [5.41, 5.74) is 0.590. The lowest BCUT2D eigenvalue weighted by Gasteiger charge is -2.39. The minimum atomic E-state index is -0.466. The lowest BCUT2D eigenvalue weighted by molar-refractivity contribution is -0.389. The molecular formula is C22H35N5O4. The number of carbonyl (C=O) groups excluding carboxylic acids is 1. The first-order valence-electron chi connectivity index (χ1n) is 11.2. The van der Waals surface area contributed by atoms with Crippen LogP contribution in [0.2, 0.25) is 0 Å². The van der Waals surface area contributed by atoms with E-state index >= 15 is 0 Å². The number of nitro groups is 1. The summed E-state index contributed by atoms with van der Waals surface area (Å²) in [6, 6.07) is 3.28. The van der Waals surface area contributed by atoms with Crippen molar-refractivity contribution in [2.45, 2.75) is 45.6 Å². The van der Waals surface area contributed by atoms with Gasteiger partial charge in [-0.1, -0.05) is 0 Å². The highest BCUT2D eigenvalue weighted by Gasteiger charge is 2.28. The number of pyridine rings is 1. The fourth-order valence-corrected chi connectivity index (χ4v) is 4.16. The van der Waals surface area contributed by atoms with E-state index in [4.69, 9.17) is 4.74 Å². The second kappa shape index (κ2) is 10.4. The van der Waals surface area contributed by atoms with Crippen LogP contribution in [0.4, 0.5) is 10.6 Å². The summed E-state index contributed by atoms with van der Waals surface area (Å²) >= 11 is 0. The summed E-state index contributed by atoms with van der Waals surface area (Å²) in [5, 5.41) is 10.7. The Morgan fingerprint density at radius 3 is 2.35 bits per heavy atom. The smallest absolute Gasteiger partial charge is 0.410 e. The van der Waals surface area contributed by atoms with Crippen molar-refractivity contribution in [1.29, 1.82) is 0 Å². The lowest BCUT2D eigenvalue weighted by atomic mass is 9.95. The SMILES string of the molecule is CC(C)(C)OC(=O)N1CCN(CC2CCN(CCc3ccc([N+](=O)[O-])nc3)CC2)CC1. The second-order valence-electron chi connectivity index (χ2n) is 9.58. The third-order valence-electron chi connectivity index (χ3n) is 5.96. The van der Waals surface area contributed by atoms with E-state index in [9.17, 15) is 14.9 Å². The number of piperazine rings is 1. The van der Waals surface area contributed by atoms with E-state index in [0.29, 0.717) is 5.92 Å². The molecule has 0 spiro atoms. The molecule has 0 atom stereocenters. The van der Waals surface area contributed by atoms with Crippen LogP contribution in [-0.4, -0.2) is 88.7 Å². The first kappa shape index (κ1) is 23.4. The van der Waals surface area contributed by atoms with E-state index < -0.39 is 10.5 Å². The highest BCUT2D eigenvalue weighted by molar-refractivity contribution is 5.68. The van der Waals surface area contributed by atoms with Crippen LogP contribution >= 0.6 is 0 Å². The molecule has 1 amide bonds. The Bertz CT molecular complexity index is 733. The minimum absolute atomic E-state index is 0.100. The van der Waals surface area contributed by atoms with Crippen molar-refractivity contribution in [3.63, 3.8) is 0 Å². The molecule has 0 N–H and O–H groups in total. The van der Waals surface area contributed by atoms with Gasteiger partial charge in [0.1, 0.15) is 11.8 Å². The Kier molecular flexibility index (Phi) is 7.83. The molecule has 9 heteroatoms. The molecule has 3 heterocycles. The predicted octanol–water partition coefficient (Wildman–Crippen LogP) is 2.80. The normalized spacial score (nSPS) is 19.4. The van der Waals surface area contributed by atoms with Crippen LogP contribution in [0.25, 0.3) is 0 Å².